The van der Waals surface area contributed by atoms with E-state index in [1.54, 1.807) is 48.5 Å². The smallest absolute Gasteiger partial charge is 0.858 e. The van der Waals surface area contributed by atoms with Crippen molar-refractivity contribution in [2.45, 2.75) is 0 Å². The summed E-state index contributed by atoms with van der Waals surface area (Å²) in [6, 6.07) is 24.8. The van der Waals surface area contributed by atoms with Crippen LogP contribution >= 0.6 is 0 Å². The number of hydrogen-bond acceptors (Lipinski definition) is 30. The van der Waals surface area contributed by atoms with Gasteiger partial charge in [-0.1, -0.05) is 72.8 Å². The summed E-state index contributed by atoms with van der Waals surface area (Å²) in [7, 11) is -3.14. The van der Waals surface area contributed by atoms with Gasteiger partial charge in [0.15, 0.2) is 22.8 Å². The van der Waals surface area contributed by atoms with E-state index < -0.39 is 68.0 Å². The molecule has 0 bridgehead atoms. The van der Waals surface area contributed by atoms with E-state index in [2.05, 4.69) is 39.9 Å². The summed E-state index contributed by atoms with van der Waals surface area (Å²) in [4.78, 5) is 81.6. The Balaban J connectivity index is -0.00000118. The van der Waals surface area contributed by atoms with Crippen LogP contribution in [0.15, 0.2) is 137 Å². The van der Waals surface area contributed by atoms with Crippen molar-refractivity contribution in [1.82, 2.24) is 0 Å². The first-order chi connectivity index (χ1) is 36.9. The van der Waals surface area contributed by atoms with Gasteiger partial charge < -0.3 is 49.6 Å². The van der Waals surface area contributed by atoms with Crippen molar-refractivity contribution in [2.24, 2.45) is 39.9 Å². The van der Waals surface area contributed by atoms with Crippen LogP contribution in [-0.4, -0.2) is 149 Å². The normalized spacial score (nSPS) is 12.9. The number of aliphatic hydroxyl groups is 2. The van der Waals surface area contributed by atoms with Crippen LogP contribution in [0.2, 0.25) is 0 Å². The molecule has 447 valence electrons. The number of hydrogen-bond donors (Lipinski definition) is 2. The van der Waals surface area contributed by atoms with Crippen LogP contribution in [0.4, 0.5) is 22.7 Å². The number of para-hydroxylation sites is 4. The van der Waals surface area contributed by atoms with E-state index in [0.29, 0.717) is 0 Å². The third-order valence-electron chi connectivity index (χ3n) is 8.69. The van der Waals surface area contributed by atoms with Gasteiger partial charge in [-0.2, -0.15) is 0 Å². The Labute approximate surface area is 496 Å². The molecular weight excluding hydrogens is 1280 g/mol. The molecule has 0 aromatic heterocycles. The van der Waals surface area contributed by atoms with E-state index in [-0.39, 0.29) is 145 Å². The van der Waals surface area contributed by atoms with Gasteiger partial charge in [-0.25, -0.2) is 56.5 Å². The summed E-state index contributed by atoms with van der Waals surface area (Å²) in [5, 5.41) is 63.9. The van der Waals surface area contributed by atoms with Crippen LogP contribution in [0.25, 0.3) is 0 Å². The van der Waals surface area contributed by atoms with E-state index in [4.69, 9.17) is 66.4 Å². The van der Waals surface area contributed by atoms with Crippen molar-refractivity contribution in [1.29, 1.82) is 0 Å². The number of carbonyl (C=O) groups is 4. The van der Waals surface area contributed by atoms with Gasteiger partial charge in [0.1, 0.15) is 0 Å². The predicted molar refractivity (Wildman–Crippen MR) is 244 cm³/mol. The SMILES string of the molecule is CO.CO.COC(=O)C1=NCCN=C(C(=O)OC)c2ccccc2N=C([O-])C([O-])=Nc2ccccc21.COC(=O)C1=NCCN=C(C(=O)OC)c2ccccc2N=C([O-])C([O-])=Nc2ccccc21.[Cu+2].[Cu+2].[Cu+2].[O-][Cl+3]([O-])([O-])[O-].[O-][Cl+3]([O-])([O-])[O-]. The third kappa shape index (κ3) is 27.9. The molecule has 0 amide bonds. The summed E-state index contributed by atoms with van der Waals surface area (Å²) < 4.78 is 87.1. The van der Waals surface area contributed by atoms with Gasteiger partial charge in [0.2, 0.25) is 0 Å². The number of fused-ring (bicyclic) bond motifs is 4. The fraction of sp³-hybridized carbons (Fsp3) is 0.217. The molecule has 2 heterocycles. The number of aliphatic imine (C=N–C) groups is 8. The quantitative estimate of drug-likeness (QED) is 0.109. The first-order valence-electron chi connectivity index (χ1n) is 21.0. The van der Waals surface area contributed by atoms with Gasteiger partial charge in [0.25, 0.3) is 0 Å². The average Bonchev–Trinajstić information content (AvgIpc) is 3.41. The van der Waals surface area contributed by atoms with Crippen molar-refractivity contribution in [2.75, 3.05) is 68.8 Å². The number of esters is 4. The van der Waals surface area contributed by atoms with E-state index in [9.17, 15) is 39.6 Å². The van der Waals surface area contributed by atoms with Crippen molar-refractivity contribution < 1.29 is 178 Å². The van der Waals surface area contributed by atoms with Gasteiger partial charge in [-0.05, 0) is 47.9 Å². The monoisotopic (exact) mass is 1320 g/mol. The molecule has 0 spiro atoms. The second-order valence-corrected chi connectivity index (χ2v) is 14.9. The summed E-state index contributed by atoms with van der Waals surface area (Å²) in [5.41, 5.74) is 0.669. The molecule has 0 atom stereocenters. The molecule has 0 aliphatic carbocycles. The average molecular weight is 1320 g/mol. The van der Waals surface area contributed by atoms with Gasteiger partial charge in [0.05, 0.1) is 77.4 Å². The van der Waals surface area contributed by atoms with Crippen LogP contribution in [0.5, 0.6) is 0 Å². The molecule has 4 aromatic carbocycles. The first-order valence-corrected chi connectivity index (χ1v) is 23.4. The van der Waals surface area contributed by atoms with Crippen LogP contribution in [0, 0.1) is 20.5 Å². The second-order valence-electron chi connectivity index (χ2n) is 13.4. The van der Waals surface area contributed by atoms with Gasteiger partial charge in [0, 0.05) is 36.5 Å². The molecule has 30 nitrogen and oxygen atoms in total. The number of halogens is 2. The van der Waals surface area contributed by atoms with E-state index in [1.165, 1.54) is 77.0 Å². The minimum absolute atomic E-state index is 0. The van der Waals surface area contributed by atoms with E-state index >= 15 is 0 Å². The number of carbonyl (C=O) groups excluding carboxylic acids is 4. The van der Waals surface area contributed by atoms with Gasteiger partial charge in [-0.15, -0.1) is 20.5 Å². The molecule has 0 fully saturated rings. The Morgan fingerprint density at radius 1 is 0.358 bits per heavy atom. The molecule has 0 saturated carbocycles. The molecular formula is C46H44Cl2Cu3N8O22. The van der Waals surface area contributed by atoms with Gasteiger partial charge in [-0.3, -0.25) is 39.9 Å². The standard InChI is InChI=1S/2C22H20N4O6.2CH4O.2ClHO4.3Cu/c2*1-31-21(29)17-13-7-3-5-9-15(13)25-19(27)20(28)26-16-10-6-4-8-14(16)18(22(30)32-2)24-12-11-23-17;2*1-2;2*2-1(3,4)5;;;/h2*3-10H,11-12H2,1-2H3,(H,25,27)(H,26,28);2*2H,1H3;2*(H,2,3,4,5);;;/q;;;;;;3*+2/p-6. The van der Waals surface area contributed by atoms with Crippen LogP contribution in [0.3, 0.4) is 0 Å². The Kier molecular flexibility index (Phi) is 38.9. The Bertz CT molecular complexity index is 2560. The summed E-state index contributed by atoms with van der Waals surface area (Å²) >= 11 is 0. The molecule has 35 heteroatoms. The molecule has 0 saturated heterocycles. The van der Waals surface area contributed by atoms with Crippen LogP contribution in [-0.2, 0) is 89.3 Å². The molecule has 81 heavy (non-hydrogen) atoms. The van der Waals surface area contributed by atoms with Crippen molar-refractivity contribution in [3.05, 3.63) is 119 Å². The van der Waals surface area contributed by atoms with Crippen LogP contribution in [0.1, 0.15) is 22.3 Å². The molecule has 3 radical (unpaired) electrons. The molecule has 4 aromatic rings. The zero-order valence-electron chi connectivity index (χ0n) is 42.4. The molecule has 2 aliphatic rings. The largest absolute Gasteiger partial charge is 2.00 e. The number of nitrogens with zero attached hydrogens (tertiary/aromatic N) is 8. The summed E-state index contributed by atoms with van der Waals surface area (Å²) in [5.74, 6) is -7.68. The number of rotatable bonds is 4. The van der Waals surface area contributed by atoms with Crippen molar-refractivity contribution in [3.8, 4) is 0 Å². The van der Waals surface area contributed by atoms with E-state index in [0.717, 1.165) is 14.2 Å². The maximum absolute atomic E-state index is 12.5. The minimum Gasteiger partial charge on any atom is -0.858 e. The van der Waals surface area contributed by atoms with Crippen molar-refractivity contribution in [3.63, 3.8) is 0 Å². The maximum Gasteiger partial charge on any atom is 2.00 e. The van der Waals surface area contributed by atoms with Crippen molar-refractivity contribution >= 4 is 93.1 Å². The number of methoxy groups -OCH3 is 4. The minimum atomic E-state index is -4.94. The topological polar surface area (TPSA) is 521 Å². The Hall–Kier alpha value is -6.94. The fourth-order valence-corrected chi connectivity index (χ4v) is 5.79. The zero-order valence-corrected chi connectivity index (χ0v) is 46.7. The number of aliphatic hydroxyl groups excluding tert-OH is 2. The molecule has 6 rings (SSSR count). The predicted octanol–water partition coefficient (Wildman–Crippen LogP) is -10.1. The third-order valence-corrected chi connectivity index (χ3v) is 8.69. The molecule has 0 unspecified atom stereocenters. The number of ether oxygens (including phenoxy) is 4. The molecule has 2 N–H and O–H groups in total. The first kappa shape index (κ1) is 78.3. The zero-order chi connectivity index (χ0) is 59.2. The van der Waals surface area contributed by atoms with Gasteiger partial charge >= 0.3 is 75.1 Å². The second kappa shape index (κ2) is 40.3. The Morgan fingerprint density at radius 3 is 0.654 bits per heavy atom. The summed E-state index contributed by atoms with van der Waals surface area (Å²) in [6.45, 7) is 0.0772. The number of benzene rings is 4. The fourth-order valence-electron chi connectivity index (χ4n) is 5.79. The maximum atomic E-state index is 12.5. The molecule has 2 aliphatic heterocycles. The summed E-state index contributed by atoms with van der Waals surface area (Å²) in [6.07, 6.45) is 0. The van der Waals surface area contributed by atoms with E-state index in [1.807, 2.05) is 0 Å². The Morgan fingerprint density at radius 2 is 0.506 bits per heavy atom. The van der Waals surface area contributed by atoms with Crippen LogP contribution < -0.4 is 57.7 Å².